The largest absolute Gasteiger partial charge is 0.326 e. The summed E-state index contributed by atoms with van der Waals surface area (Å²) in [5, 5.41) is 2.64. The molecular weight excluding hydrogens is 226 g/mol. The highest BCUT2D eigenvalue weighted by atomic mass is 35.5. The molecule has 86 valence electrons. The number of benzene rings is 1. The summed E-state index contributed by atoms with van der Waals surface area (Å²) in [6.07, 6.45) is 0.790. The number of carbonyl (C=O) groups is 2. The zero-order chi connectivity index (χ0) is 12.0. The Hall–Kier alpha value is -1.35. The number of aryl methyl sites for hydroxylation is 1. The zero-order valence-electron chi connectivity index (χ0n) is 9.13. The summed E-state index contributed by atoms with van der Waals surface area (Å²) < 4.78 is 0. The fraction of sp³-hybridized carbons (Fsp3) is 0.333. The number of carbonyl (C=O) groups excluding carboxylic acids is 2. The van der Waals surface area contributed by atoms with E-state index in [9.17, 15) is 9.59 Å². The van der Waals surface area contributed by atoms with Crippen LogP contribution in [0.15, 0.2) is 24.3 Å². The van der Waals surface area contributed by atoms with Gasteiger partial charge in [0.05, 0.1) is 12.3 Å². The molecule has 0 aliphatic rings. The van der Waals surface area contributed by atoms with Crippen molar-refractivity contribution >= 4 is 29.0 Å². The number of hydrogen-bond donors (Lipinski definition) is 1. The van der Waals surface area contributed by atoms with Crippen LogP contribution >= 0.6 is 11.6 Å². The molecule has 0 atom stereocenters. The van der Waals surface area contributed by atoms with Crippen LogP contribution in [0.4, 0.5) is 5.69 Å². The van der Waals surface area contributed by atoms with Gasteiger partial charge in [-0.25, -0.2) is 0 Å². The number of rotatable bonds is 5. The quantitative estimate of drug-likeness (QED) is 0.634. The van der Waals surface area contributed by atoms with Crippen molar-refractivity contribution in [1.82, 2.24) is 0 Å². The molecule has 0 fully saturated rings. The van der Waals surface area contributed by atoms with Gasteiger partial charge in [-0.2, -0.15) is 0 Å². The second-order valence-electron chi connectivity index (χ2n) is 3.45. The van der Waals surface area contributed by atoms with E-state index < -0.39 is 0 Å². The lowest BCUT2D eigenvalue weighted by Gasteiger charge is -2.04. The first kappa shape index (κ1) is 12.7. The summed E-state index contributed by atoms with van der Waals surface area (Å²) in [6, 6.07) is 7.53. The number of ketones is 1. The second-order valence-corrected chi connectivity index (χ2v) is 3.71. The SMILES string of the molecule is CCc1ccc(NC(=O)CC(=O)CCl)cc1. The molecule has 0 aliphatic heterocycles. The van der Waals surface area contributed by atoms with Gasteiger partial charge in [-0.15, -0.1) is 11.6 Å². The minimum atomic E-state index is -0.324. The van der Waals surface area contributed by atoms with Gasteiger partial charge in [-0.05, 0) is 24.1 Å². The first-order valence-electron chi connectivity index (χ1n) is 5.12. The molecule has 1 aromatic rings. The highest BCUT2D eigenvalue weighted by Gasteiger charge is 2.08. The van der Waals surface area contributed by atoms with Crippen LogP contribution in [-0.2, 0) is 16.0 Å². The topological polar surface area (TPSA) is 46.2 Å². The molecule has 16 heavy (non-hydrogen) atoms. The van der Waals surface area contributed by atoms with Crippen LogP contribution in [0, 0.1) is 0 Å². The lowest BCUT2D eigenvalue weighted by Crippen LogP contribution is -2.16. The Morgan fingerprint density at radius 2 is 1.88 bits per heavy atom. The van der Waals surface area contributed by atoms with Crippen molar-refractivity contribution in [2.45, 2.75) is 19.8 Å². The molecule has 1 aromatic carbocycles. The Bertz CT molecular complexity index is 373. The van der Waals surface area contributed by atoms with Crippen LogP contribution in [0.25, 0.3) is 0 Å². The smallest absolute Gasteiger partial charge is 0.231 e. The number of anilines is 1. The van der Waals surface area contributed by atoms with Crippen LogP contribution in [0.3, 0.4) is 0 Å². The lowest BCUT2D eigenvalue weighted by atomic mass is 10.1. The Morgan fingerprint density at radius 3 is 2.38 bits per heavy atom. The minimum absolute atomic E-state index is 0.123. The number of nitrogens with one attached hydrogen (secondary N) is 1. The second kappa shape index (κ2) is 6.28. The molecular formula is C12H14ClNO2. The summed E-state index contributed by atoms with van der Waals surface area (Å²) in [4.78, 5) is 22.3. The first-order valence-corrected chi connectivity index (χ1v) is 5.65. The van der Waals surface area contributed by atoms with Crippen molar-refractivity contribution in [3.63, 3.8) is 0 Å². The summed E-state index contributed by atoms with van der Waals surface area (Å²) in [6.45, 7) is 2.06. The highest BCUT2D eigenvalue weighted by Crippen LogP contribution is 2.10. The molecule has 1 rings (SSSR count). The van der Waals surface area contributed by atoms with Crippen LogP contribution in [0.2, 0.25) is 0 Å². The molecule has 0 spiro atoms. The Morgan fingerprint density at radius 1 is 1.25 bits per heavy atom. The third-order valence-electron chi connectivity index (χ3n) is 2.15. The molecule has 4 heteroatoms. The molecule has 3 nitrogen and oxygen atoms in total. The normalized spacial score (nSPS) is 9.88. The predicted molar refractivity (Wildman–Crippen MR) is 64.8 cm³/mol. The summed E-state index contributed by atoms with van der Waals surface area (Å²) in [5.41, 5.74) is 1.90. The molecule has 0 saturated carbocycles. The molecule has 0 radical (unpaired) electrons. The first-order chi connectivity index (χ1) is 7.65. The number of amides is 1. The maximum atomic E-state index is 11.3. The highest BCUT2D eigenvalue weighted by molar-refractivity contribution is 6.29. The standard InChI is InChI=1S/C12H14ClNO2/c1-2-9-3-5-10(6-4-9)14-12(16)7-11(15)8-13/h3-6H,2,7-8H2,1H3,(H,14,16). The van der Waals surface area contributed by atoms with Crippen molar-refractivity contribution < 1.29 is 9.59 Å². The average molecular weight is 240 g/mol. The fourth-order valence-electron chi connectivity index (χ4n) is 1.26. The Balaban J connectivity index is 2.52. The van der Waals surface area contributed by atoms with Gasteiger partial charge in [-0.1, -0.05) is 19.1 Å². The van der Waals surface area contributed by atoms with E-state index in [4.69, 9.17) is 11.6 Å². The van der Waals surface area contributed by atoms with Gasteiger partial charge in [0, 0.05) is 5.69 Å². The van der Waals surface area contributed by atoms with Gasteiger partial charge in [0.15, 0.2) is 5.78 Å². The van der Waals surface area contributed by atoms with E-state index >= 15 is 0 Å². The van der Waals surface area contributed by atoms with Gasteiger partial charge < -0.3 is 5.32 Å². The van der Waals surface area contributed by atoms with E-state index in [-0.39, 0.29) is 24.0 Å². The van der Waals surface area contributed by atoms with E-state index in [2.05, 4.69) is 12.2 Å². The van der Waals surface area contributed by atoms with Gasteiger partial charge in [0.25, 0.3) is 0 Å². The average Bonchev–Trinajstić information content (AvgIpc) is 2.29. The molecule has 0 unspecified atom stereocenters. The fourth-order valence-corrected chi connectivity index (χ4v) is 1.35. The van der Waals surface area contributed by atoms with E-state index in [0.717, 1.165) is 6.42 Å². The predicted octanol–water partition coefficient (Wildman–Crippen LogP) is 2.39. The minimum Gasteiger partial charge on any atom is -0.326 e. The summed E-state index contributed by atoms with van der Waals surface area (Å²) in [7, 11) is 0. The van der Waals surface area contributed by atoms with Crippen LogP contribution < -0.4 is 5.32 Å². The maximum Gasteiger partial charge on any atom is 0.231 e. The molecule has 0 bridgehead atoms. The van der Waals surface area contributed by atoms with Crippen LogP contribution in [0.5, 0.6) is 0 Å². The lowest BCUT2D eigenvalue weighted by molar-refractivity contribution is -0.124. The van der Waals surface area contributed by atoms with Gasteiger partial charge in [0.2, 0.25) is 5.91 Å². The number of Topliss-reactive ketones (excluding diaryl/α,β-unsaturated/α-hetero) is 1. The van der Waals surface area contributed by atoms with Gasteiger partial charge in [0.1, 0.15) is 0 Å². The number of alkyl halides is 1. The summed E-state index contributed by atoms with van der Waals surface area (Å²) in [5.74, 6) is -0.721. The maximum absolute atomic E-state index is 11.3. The monoisotopic (exact) mass is 239 g/mol. The van der Waals surface area contributed by atoms with Crippen molar-refractivity contribution in [3.8, 4) is 0 Å². The van der Waals surface area contributed by atoms with Crippen molar-refractivity contribution in [1.29, 1.82) is 0 Å². The molecule has 0 aliphatic carbocycles. The van der Waals surface area contributed by atoms with Crippen LogP contribution in [-0.4, -0.2) is 17.6 Å². The molecule has 0 heterocycles. The van der Waals surface area contributed by atoms with E-state index in [0.29, 0.717) is 5.69 Å². The number of hydrogen-bond acceptors (Lipinski definition) is 2. The Labute approximate surface area is 99.8 Å². The van der Waals surface area contributed by atoms with E-state index in [1.807, 2.05) is 24.3 Å². The molecule has 0 saturated heterocycles. The van der Waals surface area contributed by atoms with E-state index in [1.54, 1.807) is 0 Å². The molecule has 1 N–H and O–H groups in total. The Kier molecular flexibility index (Phi) is 4.99. The molecule has 0 aromatic heterocycles. The van der Waals surface area contributed by atoms with Gasteiger partial charge >= 0.3 is 0 Å². The third kappa shape index (κ3) is 4.03. The summed E-state index contributed by atoms with van der Waals surface area (Å²) >= 11 is 5.31. The zero-order valence-corrected chi connectivity index (χ0v) is 9.88. The molecule has 1 amide bonds. The van der Waals surface area contributed by atoms with Crippen molar-refractivity contribution in [3.05, 3.63) is 29.8 Å². The van der Waals surface area contributed by atoms with Crippen molar-refractivity contribution in [2.75, 3.05) is 11.2 Å². The van der Waals surface area contributed by atoms with Gasteiger partial charge in [-0.3, -0.25) is 9.59 Å². The number of halogens is 1. The third-order valence-corrected chi connectivity index (χ3v) is 2.45. The van der Waals surface area contributed by atoms with E-state index in [1.165, 1.54) is 5.56 Å². The van der Waals surface area contributed by atoms with Crippen LogP contribution in [0.1, 0.15) is 18.9 Å². The van der Waals surface area contributed by atoms with Crippen molar-refractivity contribution in [2.24, 2.45) is 0 Å².